The zero-order valence-corrected chi connectivity index (χ0v) is 7.98. The molecule has 1 aliphatic heterocycles. The third kappa shape index (κ3) is 2.14. The number of hydrogen-bond acceptors (Lipinski definition) is 3. The van der Waals surface area contributed by atoms with Gasteiger partial charge < -0.3 is 4.90 Å². The highest BCUT2D eigenvalue weighted by molar-refractivity contribution is 7.99. The van der Waals surface area contributed by atoms with E-state index in [0.717, 1.165) is 0 Å². The predicted molar refractivity (Wildman–Crippen MR) is 48.1 cm³/mol. The van der Waals surface area contributed by atoms with Crippen LogP contribution >= 0.6 is 11.8 Å². The van der Waals surface area contributed by atoms with Crippen molar-refractivity contribution < 1.29 is 9.59 Å². The first kappa shape index (κ1) is 9.38. The number of rotatable bonds is 3. The van der Waals surface area contributed by atoms with Crippen molar-refractivity contribution >= 4 is 23.7 Å². The Morgan fingerprint density at radius 3 is 2.75 bits per heavy atom. The van der Waals surface area contributed by atoms with Crippen LogP contribution in [0.15, 0.2) is 0 Å². The molecule has 0 aromatic carbocycles. The first-order chi connectivity index (χ1) is 5.63. The molecule has 1 aliphatic rings. The molecule has 1 unspecified atom stereocenters. The van der Waals surface area contributed by atoms with Crippen LogP contribution in [0.2, 0.25) is 0 Å². The van der Waals surface area contributed by atoms with E-state index in [2.05, 4.69) is 5.32 Å². The number of carbonyl (C=O) groups excluding carboxylic acids is 2. The second-order valence-electron chi connectivity index (χ2n) is 2.78. The van der Waals surface area contributed by atoms with E-state index in [4.69, 9.17) is 0 Å². The number of thioether (sulfide) groups is 1. The average Bonchev–Trinajstić information content (AvgIpc) is 2.30. The molecule has 1 saturated heterocycles. The second kappa shape index (κ2) is 3.80. The van der Waals surface area contributed by atoms with Crippen molar-refractivity contribution in [2.24, 2.45) is 0 Å². The predicted octanol–water partition coefficient (Wildman–Crippen LogP) is 0.290. The number of nitrogens with one attached hydrogen (secondary N) is 1. The smallest absolute Gasteiger partial charge is 0.314 e. The van der Waals surface area contributed by atoms with E-state index in [0.29, 0.717) is 11.8 Å². The van der Waals surface area contributed by atoms with Gasteiger partial charge in [-0.3, -0.25) is 10.1 Å². The number of imide groups is 1. The maximum absolute atomic E-state index is 11.0. The molecule has 1 fully saturated rings. The summed E-state index contributed by atoms with van der Waals surface area (Å²) in [6.07, 6.45) is 1.99. The van der Waals surface area contributed by atoms with Gasteiger partial charge in [-0.25, -0.2) is 4.79 Å². The standard InChI is InChI=1S/C7H12N2O2S/c1-5(12-2)3-9-4-6(10)8-7(9)11/h5H,3-4H2,1-2H3,(H,8,10,11). The van der Waals surface area contributed by atoms with E-state index in [1.165, 1.54) is 4.90 Å². The Labute approximate surface area is 75.7 Å². The molecule has 68 valence electrons. The van der Waals surface area contributed by atoms with Crippen LogP contribution in [0, 0.1) is 0 Å². The van der Waals surface area contributed by atoms with Gasteiger partial charge in [0.25, 0.3) is 0 Å². The SMILES string of the molecule is CSC(C)CN1CC(=O)NC1=O. The lowest BCUT2D eigenvalue weighted by atomic mass is 10.4. The van der Waals surface area contributed by atoms with Crippen LogP contribution in [-0.2, 0) is 4.79 Å². The normalized spacial score (nSPS) is 19.7. The molecule has 0 radical (unpaired) electrons. The number of nitrogens with zero attached hydrogens (tertiary/aromatic N) is 1. The fourth-order valence-electron chi connectivity index (χ4n) is 1.02. The zero-order valence-electron chi connectivity index (χ0n) is 7.16. The van der Waals surface area contributed by atoms with Crippen molar-refractivity contribution in [1.82, 2.24) is 10.2 Å². The van der Waals surface area contributed by atoms with E-state index >= 15 is 0 Å². The van der Waals surface area contributed by atoms with Crippen molar-refractivity contribution in [3.63, 3.8) is 0 Å². The Bertz CT molecular complexity index is 208. The highest BCUT2D eigenvalue weighted by atomic mass is 32.2. The summed E-state index contributed by atoms with van der Waals surface area (Å²) >= 11 is 1.68. The molecule has 1 rings (SSSR count). The largest absolute Gasteiger partial charge is 0.324 e. The Balaban J connectivity index is 2.43. The molecule has 4 nitrogen and oxygen atoms in total. The van der Waals surface area contributed by atoms with Crippen molar-refractivity contribution in [3.05, 3.63) is 0 Å². The lowest BCUT2D eigenvalue weighted by molar-refractivity contribution is -0.118. The lowest BCUT2D eigenvalue weighted by Crippen LogP contribution is -2.32. The molecule has 1 atom stereocenters. The third-order valence-electron chi connectivity index (χ3n) is 1.75. The molecule has 12 heavy (non-hydrogen) atoms. The van der Waals surface area contributed by atoms with Gasteiger partial charge in [-0.2, -0.15) is 11.8 Å². The van der Waals surface area contributed by atoms with Crippen LogP contribution in [0.4, 0.5) is 4.79 Å². The summed E-state index contributed by atoms with van der Waals surface area (Å²) in [5.41, 5.74) is 0. The molecule has 0 spiro atoms. The van der Waals surface area contributed by atoms with Gasteiger partial charge in [-0.05, 0) is 6.26 Å². The van der Waals surface area contributed by atoms with Crippen LogP contribution < -0.4 is 5.32 Å². The van der Waals surface area contributed by atoms with E-state index in [9.17, 15) is 9.59 Å². The van der Waals surface area contributed by atoms with Crippen LogP contribution in [0.1, 0.15) is 6.92 Å². The summed E-state index contributed by atoms with van der Waals surface area (Å²) in [5, 5.41) is 2.61. The number of urea groups is 1. The summed E-state index contributed by atoms with van der Waals surface area (Å²) in [4.78, 5) is 23.3. The van der Waals surface area contributed by atoms with Crippen molar-refractivity contribution in [2.45, 2.75) is 12.2 Å². The van der Waals surface area contributed by atoms with Gasteiger partial charge in [0, 0.05) is 11.8 Å². The van der Waals surface area contributed by atoms with Crippen LogP contribution in [0.25, 0.3) is 0 Å². The first-order valence-electron chi connectivity index (χ1n) is 3.75. The molecule has 0 bridgehead atoms. The van der Waals surface area contributed by atoms with E-state index in [1.807, 2.05) is 13.2 Å². The number of amides is 3. The van der Waals surface area contributed by atoms with Crippen molar-refractivity contribution in [3.8, 4) is 0 Å². The molecule has 5 heteroatoms. The maximum Gasteiger partial charge on any atom is 0.324 e. The molecule has 1 heterocycles. The summed E-state index contributed by atoms with van der Waals surface area (Å²) in [5.74, 6) is -0.201. The molecule has 0 aromatic heterocycles. The molecule has 0 aromatic rings. The quantitative estimate of drug-likeness (QED) is 0.648. The summed E-state index contributed by atoms with van der Waals surface area (Å²) in [6, 6.07) is -0.263. The zero-order chi connectivity index (χ0) is 9.14. The van der Waals surface area contributed by atoms with Crippen LogP contribution in [-0.4, -0.2) is 41.4 Å². The van der Waals surface area contributed by atoms with Crippen molar-refractivity contribution in [2.75, 3.05) is 19.3 Å². The monoisotopic (exact) mass is 188 g/mol. The second-order valence-corrected chi connectivity index (χ2v) is 4.06. The highest BCUT2D eigenvalue weighted by Gasteiger charge is 2.27. The maximum atomic E-state index is 11.0. The van der Waals surface area contributed by atoms with Crippen molar-refractivity contribution in [1.29, 1.82) is 0 Å². The minimum absolute atomic E-state index is 0.201. The summed E-state index contributed by atoms with van der Waals surface area (Å²) in [7, 11) is 0. The molecule has 3 amide bonds. The molecular formula is C7H12N2O2S. The average molecular weight is 188 g/mol. The van der Waals surface area contributed by atoms with Gasteiger partial charge in [0.2, 0.25) is 5.91 Å². The van der Waals surface area contributed by atoms with E-state index < -0.39 is 0 Å². The Hall–Kier alpha value is -0.710. The minimum atomic E-state index is -0.263. The third-order valence-corrected chi connectivity index (χ3v) is 2.70. The van der Waals surface area contributed by atoms with Gasteiger partial charge in [0.05, 0.1) is 0 Å². The van der Waals surface area contributed by atoms with Gasteiger partial charge in [-0.1, -0.05) is 6.92 Å². The van der Waals surface area contributed by atoms with Gasteiger partial charge in [-0.15, -0.1) is 0 Å². The van der Waals surface area contributed by atoms with Gasteiger partial charge >= 0.3 is 6.03 Å². The highest BCUT2D eigenvalue weighted by Crippen LogP contribution is 2.09. The molecule has 0 saturated carbocycles. The Morgan fingerprint density at radius 1 is 1.67 bits per heavy atom. The first-order valence-corrected chi connectivity index (χ1v) is 5.04. The molecule has 0 aliphatic carbocycles. The molecular weight excluding hydrogens is 176 g/mol. The fourth-order valence-corrected chi connectivity index (χ4v) is 1.34. The summed E-state index contributed by atoms with van der Waals surface area (Å²) < 4.78 is 0. The van der Waals surface area contributed by atoms with E-state index in [1.54, 1.807) is 11.8 Å². The lowest BCUT2D eigenvalue weighted by Gasteiger charge is -2.16. The number of hydrogen-bond donors (Lipinski definition) is 1. The van der Waals surface area contributed by atoms with Crippen LogP contribution in [0.5, 0.6) is 0 Å². The minimum Gasteiger partial charge on any atom is -0.314 e. The molecule has 1 N–H and O–H groups in total. The number of carbonyl (C=O) groups is 2. The van der Waals surface area contributed by atoms with Gasteiger partial charge in [0.1, 0.15) is 6.54 Å². The van der Waals surface area contributed by atoms with Gasteiger partial charge in [0.15, 0.2) is 0 Å². The Morgan fingerprint density at radius 2 is 2.33 bits per heavy atom. The van der Waals surface area contributed by atoms with Crippen LogP contribution in [0.3, 0.4) is 0 Å². The topological polar surface area (TPSA) is 49.4 Å². The Kier molecular flexibility index (Phi) is 2.97. The fraction of sp³-hybridized carbons (Fsp3) is 0.714. The van der Waals surface area contributed by atoms with E-state index in [-0.39, 0.29) is 18.5 Å². The summed E-state index contributed by atoms with van der Waals surface area (Å²) in [6.45, 7) is 2.88.